The van der Waals surface area contributed by atoms with Crippen LogP contribution in [0.4, 0.5) is 11.4 Å². The van der Waals surface area contributed by atoms with Crippen LogP contribution in [0.1, 0.15) is 37.6 Å². The van der Waals surface area contributed by atoms with Gasteiger partial charge in [0.15, 0.2) is 0 Å². The van der Waals surface area contributed by atoms with Crippen LogP contribution in [0.15, 0.2) is 48.5 Å². The molecule has 1 N–H and O–H groups in total. The van der Waals surface area contributed by atoms with E-state index in [9.17, 15) is 9.59 Å². The third-order valence-electron chi connectivity index (χ3n) is 5.16. The number of ether oxygens (including phenoxy) is 1. The highest BCUT2D eigenvalue weighted by Gasteiger charge is 2.22. The molecule has 0 saturated carbocycles. The van der Waals surface area contributed by atoms with Crippen LogP contribution in [0.25, 0.3) is 0 Å². The Morgan fingerprint density at radius 1 is 0.967 bits per heavy atom. The third-order valence-corrected chi connectivity index (χ3v) is 5.16. The van der Waals surface area contributed by atoms with E-state index in [1.54, 1.807) is 12.1 Å². The van der Waals surface area contributed by atoms with Gasteiger partial charge in [-0.25, -0.2) is 0 Å². The molecule has 0 aromatic heterocycles. The molecular formula is C24H31N3O3. The van der Waals surface area contributed by atoms with Crippen LogP contribution < -0.4 is 15.0 Å². The first-order chi connectivity index (χ1) is 14.5. The molecular weight excluding hydrogens is 378 g/mol. The quantitative estimate of drug-likeness (QED) is 0.750. The number of rotatable bonds is 7. The monoisotopic (exact) mass is 409 g/mol. The van der Waals surface area contributed by atoms with Crippen molar-refractivity contribution in [2.45, 2.75) is 27.2 Å². The zero-order chi connectivity index (χ0) is 21.5. The number of amides is 2. The Balaban J connectivity index is 1.53. The molecule has 0 radical (unpaired) electrons. The van der Waals surface area contributed by atoms with Crippen molar-refractivity contribution in [2.24, 2.45) is 5.92 Å². The summed E-state index contributed by atoms with van der Waals surface area (Å²) in [5, 5.41) is 2.93. The number of hydrogen-bond acceptors (Lipinski definition) is 4. The van der Waals surface area contributed by atoms with Gasteiger partial charge < -0.3 is 19.9 Å². The van der Waals surface area contributed by atoms with E-state index in [1.165, 1.54) is 0 Å². The molecule has 30 heavy (non-hydrogen) atoms. The zero-order valence-corrected chi connectivity index (χ0v) is 18.1. The summed E-state index contributed by atoms with van der Waals surface area (Å²) in [7, 11) is 0. The first-order valence-corrected chi connectivity index (χ1v) is 10.7. The number of carbonyl (C=O) groups is 2. The number of benzene rings is 2. The molecule has 2 aromatic rings. The van der Waals surface area contributed by atoms with Gasteiger partial charge in [-0.2, -0.15) is 0 Å². The predicted octanol–water partition coefficient (Wildman–Crippen LogP) is 4.03. The van der Waals surface area contributed by atoms with Gasteiger partial charge in [0.25, 0.3) is 5.91 Å². The van der Waals surface area contributed by atoms with E-state index in [1.807, 2.05) is 55.1 Å². The summed E-state index contributed by atoms with van der Waals surface area (Å²) in [5.74, 6) is 0.885. The first kappa shape index (κ1) is 21.7. The largest absolute Gasteiger partial charge is 0.494 e. The molecule has 0 unspecified atom stereocenters. The number of hydrogen-bond donors (Lipinski definition) is 1. The van der Waals surface area contributed by atoms with E-state index in [0.717, 1.165) is 49.7 Å². The third kappa shape index (κ3) is 5.53. The minimum atomic E-state index is -0.148. The lowest BCUT2D eigenvalue weighted by Crippen LogP contribution is -2.49. The maximum Gasteiger partial charge on any atom is 0.255 e. The first-order valence-electron chi connectivity index (χ1n) is 10.7. The van der Waals surface area contributed by atoms with Crippen molar-refractivity contribution in [1.29, 1.82) is 0 Å². The molecule has 2 aromatic carbocycles. The Kier molecular flexibility index (Phi) is 7.33. The number of nitrogens with one attached hydrogen (secondary N) is 1. The molecule has 0 atom stereocenters. The van der Waals surface area contributed by atoms with Gasteiger partial charge in [-0.15, -0.1) is 0 Å². The number of anilines is 2. The van der Waals surface area contributed by atoms with Gasteiger partial charge in [0.2, 0.25) is 5.91 Å². The standard InChI is InChI=1S/C24H31N3O3/c1-4-17-30-22-11-5-19(6-12-22)23(28)25-20-7-9-21(10-8-20)26-13-15-27(16-14-26)24(29)18(2)3/h5-12,18H,4,13-17H2,1-3H3,(H,25,28). The highest BCUT2D eigenvalue weighted by atomic mass is 16.5. The fourth-order valence-corrected chi connectivity index (χ4v) is 3.43. The van der Waals surface area contributed by atoms with E-state index in [4.69, 9.17) is 4.74 Å². The fraction of sp³-hybridized carbons (Fsp3) is 0.417. The van der Waals surface area contributed by atoms with Crippen LogP contribution in [0.2, 0.25) is 0 Å². The van der Waals surface area contributed by atoms with Crippen LogP contribution >= 0.6 is 0 Å². The molecule has 2 amide bonds. The molecule has 3 rings (SSSR count). The second-order valence-corrected chi connectivity index (χ2v) is 7.84. The Morgan fingerprint density at radius 3 is 2.17 bits per heavy atom. The summed E-state index contributed by atoms with van der Waals surface area (Å²) in [6.45, 7) is 9.72. The summed E-state index contributed by atoms with van der Waals surface area (Å²) in [5.41, 5.74) is 2.44. The smallest absolute Gasteiger partial charge is 0.255 e. The number of carbonyl (C=O) groups excluding carboxylic acids is 2. The van der Waals surface area contributed by atoms with Crippen LogP contribution in [0.5, 0.6) is 5.75 Å². The zero-order valence-electron chi connectivity index (χ0n) is 18.1. The van der Waals surface area contributed by atoms with Crippen molar-refractivity contribution in [3.8, 4) is 5.75 Å². The SMILES string of the molecule is CCCOc1ccc(C(=O)Nc2ccc(N3CCN(C(=O)C(C)C)CC3)cc2)cc1. The van der Waals surface area contributed by atoms with E-state index in [-0.39, 0.29) is 17.7 Å². The molecule has 1 heterocycles. The predicted molar refractivity (Wildman–Crippen MR) is 120 cm³/mol. The van der Waals surface area contributed by atoms with Gasteiger partial charge in [-0.3, -0.25) is 9.59 Å². The van der Waals surface area contributed by atoms with Crippen molar-refractivity contribution in [3.63, 3.8) is 0 Å². The van der Waals surface area contributed by atoms with E-state index < -0.39 is 0 Å². The van der Waals surface area contributed by atoms with Crippen molar-refractivity contribution < 1.29 is 14.3 Å². The molecule has 1 saturated heterocycles. The molecule has 6 heteroatoms. The minimum absolute atomic E-state index is 0.0412. The van der Waals surface area contributed by atoms with Gasteiger partial charge in [0.05, 0.1) is 6.61 Å². The van der Waals surface area contributed by atoms with Gasteiger partial charge in [0, 0.05) is 49.0 Å². The average Bonchev–Trinajstić information content (AvgIpc) is 2.78. The summed E-state index contributed by atoms with van der Waals surface area (Å²) < 4.78 is 5.55. The fourth-order valence-electron chi connectivity index (χ4n) is 3.43. The van der Waals surface area contributed by atoms with Crippen molar-refractivity contribution in [2.75, 3.05) is 43.0 Å². The van der Waals surface area contributed by atoms with Crippen LogP contribution in [0.3, 0.4) is 0 Å². The second kappa shape index (κ2) is 10.1. The maximum atomic E-state index is 12.5. The van der Waals surface area contributed by atoms with E-state index in [0.29, 0.717) is 12.2 Å². The minimum Gasteiger partial charge on any atom is -0.494 e. The maximum absolute atomic E-state index is 12.5. The molecule has 160 valence electrons. The topological polar surface area (TPSA) is 61.9 Å². The van der Waals surface area contributed by atoms with Crippen LogP contribution in [-0.2, 0) is 4.79 Å². The molecule has 0 bridgehead atoms. The number of piperazine rings is 1. The van der Waals surface area contributed by atoms with Gasteiger partial charge in [-0.1, -0.05) is 20.8 Å². The Bertz CT molecular complexity index is 839. The second-order valence-electron chi connectivity index (χ2n) is 7.84. The Hall–Kier alpha value is -3.02. The van der Waals surface area contributed by atoms with Crippen LogP contribution in [-0.4, -0.2) is 49.5 Å². The average molecular weight is 410 g/mol. The summed E-state index contributed by atoms with van der Waals surface area (Å²) in [6, 6.07) is 15.0. The number of nitrogens with zero attached hydrogens (tertiary/aromatic N) is 2. The molecule has 0 aliphatic carbocycles. The highest BCUT2D eigenvalue weighted by Crippen LogP contribution is 2.21. The lowest BCUT2D eigenvalue weighted by molar-refractivity contribution is -0.134. The van der Waals surface area contributed by atoms with Crippen LogP contribution in [0, 0.1) is 5.92 Å². The lowest BCUT2D eigenvalue weighted by atomic mass is 10.1. The normalized spacial score (nSPS) is 14.0. The molecule has 1 fully saturated rings. The van der Waals surface area contributed by atoms with Gasteiger partial charge in [-0.05, 0) is 55.0 Å². The van der Waals surface area contributed by atoms with Gasteiger partial charge >= 0.3 is 0 Å². The molecule has 6 nitrogen and oxygen atoms in total. The molecule has 1 aliphatic heterocycles. The summed E-state index contributed by atoms with van der Waals surface area (Å²) in [4.78, 5) is 28.8. The van der Waals surface area contributed by atoms with Crippen molar-refractivity contribution >= 4 is 23.2 Å². The molecule has 1 aliphatic rings. The van der Waals surface area contributed by atoms with Gasteiger partial charge in [0.1, 0.15) is 5.75 Å². The van der Waals surface area contributed by atoms with E-state index >= 15 is 0 Å². The molecule has 0 spiro atoms. The Morgan fingerprint density at radius 2 is 1.60 bits per heavy atom. The summed E-state index contributed by atoms with van der Waals surface area (Å²) >= 11 is 0. The summed E-state index contributed by atoms with van der Waals surface area (Å²) in [6.07, 6.45) is 0.948. The van der Waals surface area contributed by atoms with Crippen molar-refractivity contribution in [1.82, 2.24) is 4.90 Å². The van der Waals surface area contributed by atoms with Crippen molar-refractivity contribution in [3.05, 3.63) is 54.1 Å². The Labute approximate surface area is 178 Å². The van der Waals surface area contributed by atoms with E-state index in [2.05, 4.69) is 17.1 Å². The highest BCUT2D eigenvalue weighted by molar-refractivity contribution is 6.04. The lowest BCUT2D eigenvalue weighted by Gasteiger charge is -2.37.